The quantitative estimate of drug-likeness (QED) is 0.841. The number of piperazine rings is 1. The number of carboxylic acids is 1. The number of rotatable bonds is 4. The number of carbonyl (C=O) groups is 1. The van der Waals surface area contributed by atoms with Gasteiger partial charge in [0.2, 0.25) is 0 Å². The maximum atomic E-state index is 12.9. The van der Waals surface area contributed by atoms with E-state index in [1.165, 1.54) is 8.61 Å². The molecule has 0 aliphatic carbocycles. The molecule has 0 unspecified atom stereocenters. The lowest BCUT2D eigenvalue weighted by Gasteiger charge is -2.34. The Labute approximate surface area is 142 Å². The summed E-state index contributed by atoms with van der Waals surface area (Å²) < 4.78 is 28.6. The predicted octanol–water partition coefficient (Wildman–Crippen LogP) is 0.279. The van der Waals surface area contributed by atoms with Crippen LogP contribution in [-0.2, 0) is 15.0 Å². The second kappa shape index (κ2) is 6.79. The lowest BCUT2D eigenvalue weighted by Crippen LogP contribution is -2.51. The van der Waals surface area contributed by atoms with E-state index in [1.807, 2.05) is 37.4 Å². The normalized spacial score (nSPS) is 27.4. The minimum Gasteiger partial charge on any atom is -0.481 e. The third-order valence-corrected chi connectivity index (χ3v) is 6.91. The van der Waals surface area contributed by atoms with Crippen LogP contribution >= 0.6 is 0 Å². The van der Waals surface area contributed by atoms with Crippen molar-refractivity contribution in [3.63, 3.8) is 0 Å². The smallest absolute Gasteiger partial charge is 0.308 e. The average Bonchev–Trinajstić information content (AvgIpc) is 3.02. The third kappa shape index (κ3) is 3.32. The SMILES string of the molecule is CN1CCN(S(=O)(=O)N2C[C@@H](C(=O)O)[C@H](c3ccccc3)C2)CC1. The first-order valence-corrected chi connectivity index (χ1v) is 9.51. The largest absolute Gasteiger partial charge is 0.481 e. The summed E-state index contributed by atoms with van der Waals surface area (Å²) in [6.45, 7) is 2.53. The summed E-state index contributed by atoms with van der Waals surface area (Å²) in [5.41, 5.74) is 0.876. The molecule has 1 aromatic carbocycles. The van der Waals surface area contributed by atoms with Crippen molar-refractivity contribution in [2.45, 2.75) is 5.92 Å². The van der Waals surface area contributed by atoms with Crippen molar-refractivity contribution in [3.05, 3.63) is 35.9 Å². The Kier molecular flexibility index (Phi) is 4.91. The Morgan fingerprint density at radius 1 is 1.04 bits per heavy atom. The molecular formula is C16H23N3O4S. The molecule has 2 atom stereocenters. The molecule has 132 valence electrons. The Balaban J connectivity index is 1.81. The van der Waals surface area contributed by atoms with E-state index in [0.29, 0.717) is 26.2 Å². The van der Waals surface area contributed by atoms with Crippen LogP contribution in [0.1, 0.15) is 11.5 Å². The maximum Gasteiger partial charge on any atom is 0.308 e. The van der Waals surface area contributed by atoms with Crippen LogP contribution in [0.3, 0.4) is 0 Å². The molecule has 24 heavy (non-hydrogen) atoms. The summed E-state index contributed by atoms with van der Waals surface area (Å²) >= 11 is 0. The van der Waals surface area contributed by atoms with Gasteiger partial charge >= 0.3 is 5.97 Å². The van der Waals surface area contributed by atoms with Crippen LogP contribution in [0.2, 0.25) is 0 Å². The molecule has 3 rings (SSSR count). The molecule has 0 bridgehead atoms. The topological polar surface area (TPSA) is 81.2 Å². The highest BCUT2D eigenvalue weighted by Gasteiger charge is 2.45. The summed E-state index contributed by atoms with van der Waals surface area (Å²) in [5, 5.41) is 9.53. The molecule has 0 aromatic heterocycles. The Morgan fingerprint density at radius 3 is 2.25 bits per heavy atom. The lowest BCUT2D eigenvalue weighted by atomic mass is 9.89. The monoisotopic (exact) mass is 353 g/mol. The minimum atomic E-state index is -3.62. The maximum absolute atomic E-state index is 12.9. The number of nitrogens with zero attached hydrogens (tertiary/aromatic N) is 3. The fraction of sp³-hybridized carbons (Fsp3) is 0.562. The first-order valence-electron chi connectivity index (χ1n) is 8.11. The zero-order valence-corrected chi connectivity index (χ0v) is 14.5. The molecule has 0 spiro atoms. The van der Waals surface area contributed by atoms with E-state index in [4.69, 9.17) is 0 Å². The van der Waals surface area contributed by atoms with Crippen LogP contribution in [0.25, 0.3) is 0 Å². The van der Waals surface area contributed by atoms with Gasteiger partial charge in [0.15, 0.2) is 0 Å². The zero-order valence-electron chi connectivity index (χ0n) is 13.7. The van der Waals surface area contributed by atoms with Crippen LogP contribution in [0, 0.1) is 5.92 Å². The van der Waals surface area contributed by atoms with E-state index in [2.05, 4.69) is 4.90 Å². The molecule has 0 amide bonds. The Bertz CT molecular complexity index is 687. The summed E-state index contributed by atoms with van der Waals surface area (Å²) in [6.07, 6.45) is 0. The molecule has 7 nitrogen and oxygen atoms in total. The van der Waals surface area contributed by atoms with Crippen molar-refractivity contribution in [2.24, 2.45) is 5.92 Å². The molecule has 8 heteroatoms. The first-order chi connectivity index (χ1) is 11.4. The van der Waals surface area contributed by atoms with Gasteiger partial charge in [0.05, 0.1) is 5.92 Å². The van der Waals surface area contributed by atoms with Crippen LogP contribution in [0.5, 0.6) is 0 Å². The minimum absolute atomic E-state index is 0.0313. The molecule has 2 aliphatic heterocycles. The van der Waals surface area contributed by atoms with Gasteiger partial charge in [-0.15, -0.1) is 0 Å². The van der Waals surface area contributed by atoms with Gasteiger partial charge in [-0.2, -0.15) is 17.0 Å². The fourth-order valence-electron chi connectivity index (χ4n) is 3.43. The van der Waals surface area contributed by atoms with E-state index in [0.717, 1.165) is 5.56 Å². The number of hydrogen-bond donors (Lipinski definition) is 1. The van der Waals surface area contributed by atoms with Gasteiger partial charge in [0, 0.05) is 45.2 Å². The van der Waals surface area contributed by atoms with E-state index < -0.39 is 22.1 Å². The highest BCUT2D eigenvalue weighted by atomic mass is 32.2. The molecule has 1 aromatic rings. The Morgan fingerprint density at radius 2 is 1.67 bits per heavy atom. The van der Waals surface area contributed by atoms with Crippen molar-refractivity contribution in [1.29, 1.82) is 0 Å². The van der Waals surface area contributed by atoms with Gasteiger partial charge in [0.25, 0.3) is 10.2 Å². The van der Waals surface area contributed by atoms with Gasteiger partial charge in [0.1, 0.15) is 0 Å². The van der Waals surface area contributed by atoms with Crippen LogP contribution in [-0.4, -0.2) is 79.3 Å². The summed E-state index contributed by atoms with van der Waals surface area (Å²) in [4.78, 5) is 13.7. The average molecular weight is 353 g/mol. The third-order valence-electron chi connectivity index (χ3n) is 4.95. The molecule has 1 N–H and O–H groups in total. The molecule has 2 saturated heterocycles. The Hall–Kier alpha value is -1.48. The van der Waals surface area contributed by atoms with Crippen LogP contribution < -0.4 is 0 Å². The fourth-order valence-corrected chi connectivity index (χ4v) is 5.08. The summed E-state index contributed by atoms with van der Waals surface area (Å²) in [6, 6.07) is 9.31. The highest BCUT2D eigenvalue weighted by molar-refractivity contribution is 7.86. The first kappa shape index (κ1) is 17.3. The molecule has 2 heterocycles. The lowest BCUT2D eigenvalue weighted by molar-refractivity contribution is -0.141. The van der Waals surface area contributed by atoms with Gasteiger partial charge in [-0.1, -0.05) is 30.3 Å². The summed E-state index contributed by atoms with van der Waals surface area (Å²) in [7, 11) is -1.65. The molecule has 2 fully saturated rings. The summed E-state index contributed by atoms with van der Waals surface area (Å²) in [5.74, 6) is -1.97. The number of likely N-dealkylation sites (N-methyl/N-ethyl adjacent to an activating group) is 1. The second-order valence-corrected chi connectivity index (χ2v) is 8.42. The van der Waals surface area contributed by atoms with Crippen molar-refractivity contribution in [3.8, 4) is 0 Å². The van der Waals surface area contributed by atoms with Crippen molar-refractivity contribution < 1.29 is 18.3 Å². The number of hydrogen-bond acceptors (Lipinski definition) is 4. The number of carboxylic acid groups (broad SMARTS) is 1. The zero-order chi connectivity index (χ0) is 17.3. The van der Waals surface area contributed by atoms with Crippen molar-refractivity contribution in [1.82, 2.24) is 13.5 Å². The second-order valence-electron chi connectivity index (χ2n) is 6.49. The number of benzene rings is 1. The van der Waals surface area contributed by atoms with E-state index >= 15 is 0 Å². The molecule has 0 radical (unpaired) electrons. The highest BCUT2D eigenvalue weighted by Crippen LogP contribution is 2.35. The van der Waals surface area contributed by atoms with Crippen LogP contribution in [0.4, 0.5) is 0 Å². The standard InChI is InChI=1S/C16H23N3O4S/c1-17-7-9-18(10-8-17)24(22,23)19-11-14(15(12-19)16(20)21)13-5-3-2-4-6-13/h2-6,14-15H,7-12H2,1H3,(H,20,21)/t14-,15+/m0/s1. The van der Waals surface area contributed by atoms with Gasteiger partial charge in [-0.05, 0) is 12.6 Å². The van der Waals surface area contributed by atoms with Gasteiger partial charge < -0.3 is 10.0 Å². The predicted molar refractivity (Wildman–Crippen MR) is 89.9 cm³/mol. The van der Waals surface area contributed by atoms with E-state index in [1.54, 1.807) is 0 Å². The van der Waals surface area contributed by atoms with Crippen molar-refractivity contribution in [2.75, 3.05) is 46.3 Å². The molecule has 0 saturated carbocycles. The molecule has 2 aliphatic rings. The van der Waals surface area contributed by atoms with Crippen LogP contribution in [0.15, 0.2) is 30.3 Å². The van der Waals surface area contributed by atoms with Gasteiger partial charge in [-0.25, -0.2) is 0 Å². The van der Waals surface area contributed by atoms with E-state index in [-0.39, 0.29) is 19.0 Å². The van der Waals surface area contributed by atoms with Gasteiger partial charge in [-0.3, -0.25) is 4.79 Å². The van der Waals surface area contributed by atoms with E-state index in [9.17, 15) is 18.3 Å². The molecular weight excluding hydrogens is 330 g/mol. The van der Waals surface area contributed by atoms with Crippen molar-refractivity contribution >= 4 is 16.2 Å². The number of aliphatic carboxylic acids is 1.